The third-order valence-corrected chi connectivity index (χ3v) is 2.00. The largest absolute Gasteiger partial charge is 0.491 e. The van der Waals surface area contributed by atoms with Crippen LogP contribution in [0.25, 0.3) is 0 Å². The van der Waals surface area contributed by atoms with E-state index in [0.717, 1.165) is 0 Å². The molecule has 0 aliphatic rings. The van der Waals surface area contributed by atoms with E-state index >= 15 is 0 Å². The smallest absolute Gasteiger partial charge is 0.216 e. The summed E-state index contributed by atoms with van der Waals surface area (Å²) in [7, 11) is 0. The molecule has 1 rings (SSSR count). The highest BCUT2D eigenvalue weighted by atomic mass is 16.5. The lowest BCUT2D eigenvalue weighted by molar-refractivity contribution is -0.119. The number of carbonyl (C=O) groups excluding carboxylic acids is 2. The Morgan fingerprint density at radius 1 is 1.25 bits per heavy atom. The molecule has 0 saturated carbocycles. The first-order valence-corrected chi connectivity index (χ1v) is 5.08. The van der Waals surface area contributed by atoms with E-state index in [9.17, 15) is 9.59 Å². The quantitative estimate of drug-likeness (QED) is 0.604. The van der Waals surface area contributed by atoms with E-state index in [4.69, 9.17) is 4.74 Å². The molecule has 4 nitrogen and oxygen atoms in total. The first-order valence-electron chi connectivity index (χ1n) is 5.08. The summed E-state index contributed by atoms with van der Waals surface area (Å²) in [5, 5.41) is 2.62. The van der Waals surface area contributed by atoms with Gasteiger partial charge in [-0.05, 0) is 19.1 Å². The lowest BCUT2D eigenvalue weighted by Crippen LogP contribution is -2.25. The van der Waals surface area contributed by atoms with Crippen molar-refractivity contribution in [3.05, 3.63) is 29.8 Å². The minimum absolute atomic E-state index is 0.0323. The highest BCUT2D eigenvalue weighted by molar-refractivity contribution is 5.96. The molecule has 1 N–H and O–H groups in total. The van der Waals surface area contributed by atoms with Gasteiger partial charge in [-0.3, -0.25) is 9.59 Å². The SMILES string of the molecule is CC(=O)NCCOc1ccccc1C(C)=O. The number of hydrogen-bond donors (Lipinski definition) is 1. The Labute approximate surface area is 94.6 Å². The second-order valence-corrected chi connectivity index (χ2v) is 3.38. The maximum absolute atomic E-state index is 11.3. The molecule has 0 atom stereocenters. The highest BCUT2D eigenvalue weighted by Gasteiger charge is 2.06. The molecule has 16 heavy (non-hydrogen) atoms. The Hall–Kier alpha value is -1.84. The molecule has 4 heteroatoms. The van der Waals surface area contributed by atoms with E-state index in [-0.39, 0.29) is 11.7 Å². The number of hydrogen-bond acceptors (Lipinski definition) is 3. The van der Waals surface area contributed by atoms with Crippen LogP contribution in [0, 0.1) is 0 Å². The van der Waals surface area contributed by atoms with Crippen molar-refractivity contribution in [2.45, 2.75) is 13.8 Å². The van der Waals surface area contributed by atoms with Crippen molar-refractivity contribution in [3.63, 3.8) is 0 Å². The number of ketones is 1. The summed E-state index contributed by atoms with van der Waals surface area (Å²) < 4.78 is 5.41. The molecule has 0 radical (unpaired) electrons. The van der Waals surface area contributed by atoms with Crippen molar-refractivity contribution in [1.29, 1.82) is 0 Å². The molecule has 0 aliphatic heterocycles. The lowest BCUT2D eigenvalue weighted by Gasteiger charge is -2.09. The summed E-state index contributed by atoms with van der Waals surface area (Å²) in [4.78, 5) is 21.9. The predicted molar refractivity (Wildman–Crippen MR) is 60.6 cm³/mol. The molecule has 0 fully saturated rings. The van der Waals surface area contributed by atoms with Crippen LogP contribution >= 0.6 is 0 Å². The van der Waals surface area contributed by atoms with Crippen molar-refractivity contribution in [2.75, 3.05) is 13.2 Å². The van der Waals surface area contributed by atoms with Gasteiger partial charge in [0.1, 0.15) is 12.4 Å². The molecular formula is C12H15NO3. The molecule has 0 unspecified atom stereocenters. The molecule has 0 heterocycles. The molecule has 0 bridgehead atoms. The Balaban J connectivity index is 2.53. The van der Waals surface area contributed by atoms with E-state index in [0.29, 0.717) is 24.5 Å². The average Bonchev–Trinajstić information content (AvgIpc) is 2.24. The van der Waals surface area contributed by atoms with Crippen molar-refractivity contribution >= 4 is 11.7 Å². The van der Waals surface area contributed by atoms with Crippen LogP contribution in [0.2, 0.25) is 0 Å². The summed E-state index contributed by atoms with van der Waals surface area (Å²) >= 11 is 0. The van der Waals surface area contributed by atoms with Crippen molar-refractivity contribution < 1.29 is 14.3 Å². The van der Waals surface area contributed by atoms with Crippen LogP contribution in [0.5, 0.6) is 5.75 Å². The molecule has 0 spiro atoms. The van der Waals surface area contributed by atoms with E-state index < -0.39 is 0 Å². The number of amides is 1. The normalized spacial score (nSPS) is 9.62. The zero-order chi connectivity index (χ0) is 12.0. The summed E-state index contributed by atoms with van der Waals surface area (Å²) in [6.07, 6.45) is 0. The fourth-order valence-corrected chi connectivity index (χ4v) is 1.27. The molecule has 1 amide bonds. The van der Waals surface area contributed by atoms with Crippen LogP contribution in [-0.2, 0) is 4.79 Å². The van der Waals surface area contributed by atoms with Gasteiger partial charge >= 0.3 is 0 Å². The minimum atomic E-state index is -0.0940. The van der Waals surface area contributed by atoms with Gasteiger partial charge in [-0.2, -0.15) is 0 Å². The molecular weight excluding hydrogens is 206 g/mol. The van der Waals surface area contributed by atoms with Gasteiger partial charge in [0.2, 0.25) is 5.91 Å². The Morgan fingerprint density at radius 3 is 2.56 bits per heavy atom. The number of nitrogens with one attached hydrogen (secondary N) is 1. The first kappa shape index (κ1) is 12.2. The molecule has 1 aromatic carbocycles. The second kappa shape index (κ2) is 5.90. The number of Topliss-reactive ketones (excluding diaryl/α,β-unsaturated/α-hetero) is 1. The average molecular weight is 221 g/mol. The number of carbonyl (C=O) groups is 2. The van der Waals surface area contributed by atoms with Gasteiger partial charge in [-0.1, -0.05) is 12.1 Å². The molecule has 86 valence electrons. The van der Waals surface area contributed by atoms with Gasteiger partial charge in [0, 0.05) is 6.92 Å². The monoisotopic (exact) mass is 221 g/mol. The zero-order valence-corrected chi connectivity index (χ0v) is 9.45. The van der Waals surface area contributed by atoms with Gasteiger partial charge in [0.25, 0.3) is 0 Å². The second-order valence-electron chi connectivity index (χ2n) is 3.38. The van der Waals surface area contributed by atoms with Crippen LogP contribution in [0.4, 0.5) is 0 Å². The first-order chi connectivity index (χ1) is 7.61. The maximum Gasteiger partial charge on any atom is 0.216 e. The Morgan fingerprint density at radius 2 is 1.94 bits per heavy atom. The third kappa shape index (κ3) is 3.73. The summed E-state index contributed by atoms with van der Waals surface area (Å²) in [6, 6.07) is 7.05. The van der Waals surface area contributed by atoms with Crippen molar-refractivity contribution in [3.8, 4) is 5.75 Å². The van der Waals surface area contributed by atoms with Crippen LogP contribution in [-0.4, -0.2) is 24.8 Å². The fourth-order valence-electron chi connectivity index (χ4n) is 1.27. The fraction of sp³-hybridized carbons (Fsp3) is 0.333. The predicted octanol–water partition coefficient (Wildman–Crippen LogP) is 1.40. The zero-order valence-electron chi connectivity index (χ0n) is 9.45. The summed E-state index contributed by atoms with van der Waals surface area (Å²) in [5.41, 5.74) is 0.560. The number of rotatable bonds is 5. The summed E-state index contributed by atoms with van der Waals surface area (Å²) in [6.45, 7) is 3.73. The van der Waals surface area contributed by atoms with Gasteiger partial charge in [0.05, 0.1) is 12.1 Å². The molecule has 0 aliphatic carbocycles. The number of benzene rings is 1. The minimum Gasteiger partial charge on any atom is -0.491 e. The van der Waals surface area contributed by atoms with E-state index in [2.05, 4.69) is 5.32 Å². The van der Waals surface area contributed by atoms with Crippen LogP contribution < -0.4 is 10.1 Å². The Bertz CT molecular complexity index is 388. The molecule has 0 aromatic heterocycles. The molecule has 0 saturated heterocycles. The van der Waals surface area contributed by atoms with Crippen molar-refractivity contribution in [2.24, 2.45) is 0 Å². The van der Waals surface area contributed by atoms with Crippen LogP contribution in [0.3, 0.4) is 0 Å². The third-order valence-electron chi connectivity index (χ3n) is 2.00. The number of ether oxygens (including phenoxy) is 1. The van der Waals surface area contributed by atoms with Gasteiger partial charge in [0.15, 0.2) is 5.78 Å². The van der Waals surface area contributed by atoms with Gasteiger partial charge < -0.3 is 10.1 Å². The van der Waals surface area contributed by atoms with Crippen LogP contribution in [0.1, 0.15) is 24.2 Å². The van der Waals surface area contributed by atoms with Crippen LogP contribution in [0.15, 0.2) is 24.3 Å². The van der Waals surface area contributed by atoms with E-state index in [1.165, 1.54) is 13.8 Å². The van der Waals surface area contributed by atoms with Crippen molar-refractivity contribution in [1.82, 2.24) is 5.32 Å². The Kier molecular flexibility index (Phi) is 4.51. The van der Waals surface area contributed by atoms with E-state index in [1.807, 2.05) is 0 Å². The van der Waals surface area contributed by atoms with Gasteiger partial charge in [-0.25, -0.2) is 0 Å². The topological polar surface area (TPSA) is 55.4 Å². The summed E-state index contributed by atoms with van der Waals surface area (Å²) in [5.74, 6) is 0.430. The highest BCUT2D eigenvalue weighted by Crippen LogP contribution is 2.17. The van der Waals surface area contributed by atoms with E-state index in [1.54, 1.807) is 24.3 Å². The lowest BCUT2D eigenvalue weighted by atomic mass is 10.1. The standard InChI is InChI=1S/C12H15NO3/c1-9(14)11-5-3-4-6-12(11)16-8-7-13-10(2)15/h3-6H,7-8H2,1-2H3,(H,13,15). The molecule has 1 aromatic rings. The maximum atomic E-state index is 11.3. The van der Waals surface area contributed by atoms with Gasteiger partial charge in [-0.15, -0.1) is 0 Å². The number of para-hydroxylation sites is 1.